The minimum atomic E-state index is -3.48. The fourth-order valence-corrected chi connectivity index (χ4v) is 4.93. The Morgan fingerprint density at radius 2 is 1.67 bits per heavy atom. The van der Waals surface area contributed by atoms with Crippen LogP contribution in [0.1, 0.15) is 37.1 Å². The molecule has 0 amide bonds. The Balaban J connectivity index is 1.67. The van der Waals surface area contributed by atoms with Gasteiger partial charge >= 0.3 is 0 Å². The van der Waals surface area contributed by atoms with Crippen molar-refractivity contribution < 1.29 is 12.9 Å². The molecule has 0 unspecified atom stereocenters. The first-order valence-electron chi connectivity index (χ1n) is 8.97. The Kier molecular flexibility index (Phi) is 4.57. The molecule has 2 N–H and O–H groups in total. The lowest BCUT2D eigenvalue weighted by Crippen LogP contribution is -2.34. The van der Waals surface area contributed by atoms with Gasteiger partial charge in [-0.15, -0.1) is 0 Å². The van der Waals surface area contributed by atoms with E-state index in [-0.39, 0.29) is 10.6 Å². The molecule has 6 nitrogen and oxygen atoms in total. The van der Waals surface area contributed by atoms with Gasteiger partial charge in [-0.3, -0.25) is 0 Å². The topological polar surface area (TPSA) is 99.1 Å². The van der Waals surface area contributed by atoms with E-state index >= 15 is 0 Å². The van der Waals surface area contributed by atoms with Crippen LogP contribution in [-0.2, 0) is 21.1 Å². The molecule has 0 aliphatic heterocycles. The molecule has 0 radical (unpaired) electrons. The maximum absolute atomic E-state index is 12.8. The largest absolute Gasteiger partial charge is 0.334 e. The third-order valence-electron chi connectivity index (χ3n) is 5.06. The predicted octanol–water partition coefficient (Wildman–Crippen LogP) is 3.44. The lowest BCUT2D eigenvalue weighted by atomic mass is 9.98. The van der Waals surface area contributed by atoms with Crippen molar-refractivity contribution in [3.05, 3.63) is 66.0 Å². The van der Waals surface area contributed by atoms with Crippen LogP contribution in [0.2, 0.25) is 0 Å². The van der Waals surface area contributed by atoms with Gasteiger partial charge in [0.25, 0.3) is 5.89 Å². The molecule has 2 aromatic carbocycles. The van der Waals surface area contributed by atoms with Crippen molar-refractivity contribution in [1.29, 1.82) is 0 Å². The van der Waals surface area contributed by atoms with E-state index in [0.29, 0.717) is 22.8 Å². The number of nitrogens with zero attached hydrogens (tertiary/aromatic N) is 2. The Labute approximate surface area is 158 Å². The molecule has 27 heavy (non-hydrogen) atoms. The van der Waals surface area contributed by atoms with Crippen LogP contribution in [-0.4, -0.2) is 18.6 Å². The summed E-state index contributed by atoms with van der Waals surface area (Å²) in [7, 11) is -3.48. The molecule has 7 heteroatoms. The molecular weight excluding hydrogens is 362 g/mol. The molecule has 4 rings (SSSR count). The van der Waals surface area contributed by atoms with Gasteiger partial charge in [-0.2, -0.15) is 4.98 Å². The van der Waals surface area contributed by atoms with Crippen molar-refractivity contribution in [2.24, 2.45) is 5.73 Å². The van der Waals surface area contributed by atoms with Crippen molar-refractivity contribution >= 4 is 9.84 Å². The summed E-state index contributed by atoms with van der Waals surface area (Å²) in [5, 5.41) is 4.08. The summed E-state index contributed by atoms with van der Waals surface area (Å²) in [4.78, 5) is 4.79. The van der Waals surface area contributed by atoms with Crippen LogP contribution in [0.15, 0.2) is 64.0 Å². The summed E-state index contributed by atoms with van der Waals surface area (Å²) in [5.74, 6) is 0.662. The molecule has 0 spiro atoms. The number of nitrogens with two attached hydrogens (primary N) is 1. The number of benzene rings is 2. The number of aromatic nitrogens is 2. The van der Waals surface area contributed by atoms with Gasteiger partial charge < -0.3 is 10.3 Å². The second-order valence-corrected chi connectivity index (χ2v) is 9.01. The van der Waals surface area contributed by atoms with Crippen LogP contribution in [0.25, 0.3) is 11.5 Å². The average Bonchev–Trinajstić information content (AvgIpc) is 3.33. The number of hydrogen-bond donors (Lipinski definition) is 1. The molecular formula is C20H21N3O3S. The van der Waals surface area contributed by atoms with Gasteiger partial charge in [0, 0.05) is 5.56 Å². The summed E-state index contributed by atoms with van der Waals surface area (Å²) < 4.78 is 31.0. The predicted molar refractivity (Wildman–Crippen MR) is 101 cm³/mol. The van der Waals surface area contributed by atoms with Gasteiger partial charge in [-0.05, 0) is 36.6 Å². The molecule has 140 valence electrons. The highest BCUT2D eigenvalue weighted by atomic mass is 32.2. The average molecular weight is 383 g/mol. The Morgan fingerprint density at radius 3 is 2.41 bits per heavy atom. The molecule has 1 aliphatic carbocycles. The smallest absolute Gasteiger partial charge is 0.258 e. The molecule has 3 aromatic rings. The van der Waals surface area contributed by atoms with Gasteiger partial charge in [-0.25, -0.2) is 8.42 Å². The maximum atomic E-state index is 12.8. The van der Waals surface area contributed by atoms with Crippen LogP contribution in [0.4, 0.5) is 0 Å². The fraction of sp³-hybridized carbons (Fsp3) is 0.300. The number of sulfone groups is 1. The van der Waals surface area contributed by atoms with Crippen LogP contribution < -0.4 is 5.73 Å². The van der Waals surface area contributed by atoms with Crippen molar-refractivity contribution in [2.75, 3.05) is 0 Å². The van der Waals surface area contributed by atoms with Crippen LogP contribution >= 0.6 is 0 Å². The molecule has 0 saturated heterocycles. The normalized spacial score (nSPS) is 16.5. The SMILES string of the molecule is NC1(c2noc(-c3ccccc3CS(=O)(=O)c3ccccc3)n2)CCCC1. The molecule has 1 saturated carbocycles. The number of rotatable bonds is 5. The summed E-state index contributed by atoms with van der Waals surface area (Å²) in [6, 6.07) is 15.6. The van der Waals surface area contributed by atoms with Gasteiger partial charge in [0.15, 0.2) is 15.7 Å². The first kappa shape index (κ1) is 17.9. The van der Waals surface area contributed by atoms with E-state index < -0.39 is 15.4 Å². The monoisotopic (exact) mass is 383 g/mol. The molecule has 1 aromatic heterocycles. The van der Waals surface area contributed by atoms with Gasteiger partial charge in [0.05, 0.1) is 16.2 Å². The minimum Gasteiger partial charge on any atom is -0.334 e. The van der Waals surface area contributed by atoms with E-state index in [0.717, 1.165) is 25.7 Å². The zero-order valence-corrected chi connectivity index (χ0v) is 15.7. The standard InChI is InChI=1S/C20H21N3O3S/c21-20(12-6-7-13-20)19-22-18(26-23-19)17-11-5-4-8-15(17)14-27(24,25)16-9-2-1-3-10-16/h1-5,8-11H,6-7,12-14,21H2. The van der Waals surface area contributed by atoms with Crippen LogP contribution in [0.5, 0.6) is 0 Å². The third-order valence-corrected chi connectivity index (χ3v) is 6.74. The number of hydrogen-bond acceptors (Lipinski definition) is 6. The Bertz CT molecular complexity index is 1040. The minimum absolute atomic E-state index is 0.140. The molecule has 1 fully saturated rings. The van der Waals surface area contributed by atoms with Crippen molar-refractivity contribution in [3.63, 3.8) is 0 Å². The van der Waals surface area contributed by atoms with Crippen LogP contribution in [0, 0.1) is 0 Å². The summed E-state index contributed by atoms with van der Waals surface area (Å²) in [5.41, 5.74) is 7.10. The van der Waals surface area contributed by atoms with Gasteiger partial charge in [0.2, 0.25) is 0 Å². The van der Waals surface area contributed by atoms with Crippen LogP contribution in [0.3, 0.4) is 0 Å². The van der Waals surface area contributed by atoms with E-state index in [9.17, 15) is 8.42 Å². The van der Waals surface area contributed by atoms with Crippen molar-refractivity contribution in [2.45, 2.75) is 41.9 Å². The van der Waals surface area contributed by atoms with Crippen molar-refractivity contribution in [1.82, 2.24) is 10.1 Å². The van der Waals surface area contributed by atoms with E-state index in [1.54, 1.807) is 48.5 Å². The second-order valence-electron chi connectivity index (χ2n) is 7.02. The Morgan fingerprint density at radius 1 is 1.00 bits per heavy atom. The molecule has 0 atom stereocenters. The fourth-order valence-electron chi connectivity index (χ4n) is 3.54. The lowest BCUT2D eigenvalue weighted by Gasteiger charge is -2.17. The maximum Gasteiger partial charge on any atom is 0.258 e. The lowest BCUT2D eigenvalue weighted by molar-refractivity contribution is 0.372. The summed E-state index contributed by atoms with van der Waals surface area (Å²) >= 11 is 0. The highest BCUT2D eigenvalue weighted by molar-refractivity contribution is 7.90. The third kappa shape index (κ3) is 3.52. The van der Waals surface area contributed by atoms with Gasteiger partial charge in [-0.1, -0.05) is 54.4 Å². The highest BCUT2D eigenvalue weighted by Crippen LogP contribution is 2.36. The summed E-state index contributed by atoms with van der Waals surface area (Å²) in [6.07, 6.45) is 3.75. The Hall–Kier alpha value is -2.51. The van der Waals surface area contributed by atoms with E-state index in [4.69, 9.17) is 10.3 Å². The quantitative estimate of drug-likeness (QED) is 0.724. The van der Waals surface area contributed by atoms with Crippen molar-refractivity contribution in [3.8, 4) is 11.5 Å². The zero-order valence-electron chi connectivity index (χ0n) is 14.8. The van der Waals surface area contributed by atoms with E-state index in [1.807, 2.05) is 6.07 Å². The second kappa shape index (κ2) is 6.90. The highest BCUT2D eigenvalue weighted by Gasteiger charge is 2.36. The van der Waals surface area contributed by atoms with Gasteiger partial charge in [0.1, 0.15) is 0 Å². The van der Waals surface area contributed by atoms with E-state index in [2.05, 4.69) is 10.1 Å². The van der Waals surface area contributed by atoms with E-state index in [1.165, 1.54) is 0 Å². The molecule has 1 heterocycles. The first-order chi connectivity index (χ1) is 13.0. The molecule has 0 bridgehead atoms. The zero-order chi connectivity index (χ0) is 18.9. The summed E-state index contributed by atoms with van der Waals surface area (Å²) in [6.45, 7) is 0. The molecule has 1 aliphatic rings. The first-order valence-corrected chi connectivity index (χ1v) is 10.6.